The number of carbonyl (C=O) groups is 2. The monoisotopic (exact) mass is 394 g/mol. The molecule has 1 aromatic rings. The predicted molar refractivity (Wildman–Crippen MR) is 106 cm³/mol. The van der Waals surface area contributed by atoms with Gasteiger partial charge < -0.3 is 16.0 Å². The van der Waals surface area contributed by atoms with Gasteiger partial charge in [0.05, 0.1) is 17.8 Å². The molecule has 0 unspecified atom stereocenters. The normalized spacial score (nSPS) is 27.2. The third-order valence-corrected chi connectivity index (χ3v) is 8.00. The predicted octanol–water partition coefficient (Wildman–Crippen LogP) is 3.08. The quantitative estimate of drug-likeness (QED) is 0.393. The fourth-order valence-electron chi connectivity index (χ4n) is 4.04. The van der Waals surface area contributed by atoms with Gasteiger partial charge in [0.15, 0.2) is 5.13 Å². The van der Waals surface area contributed by atoms with E-state index in [0.717, 1.165) is 43.0 Å². The topological polar surface area (TPSA) is 83.1 Å². The Bertz CT molecular complexity index is 655. The van der Waals surface area contributed by atoms with Gasteiger partial charge >= 0.3 is 6.03 Å². The van der Waals surface area contributed by atoms with Gasteiger partial charge in [-0.25, -0.2) is 9.78 Å². The van der Waals surface area contributed by atoms with Crippen LogP contribution in [0.2, 0.25) is 0 Å². The van der Waals surface area contributed by atoms with Crippen molar-refractivity contribution < 1.29 is 9.59 Å². The highest BCUT2D eigenvalue weighted by atomic mass is 32.2. The van der Waals surface area contributed by atoms with Gasteiger partial charge in [0.25, 0.3) is 0 Å². The number of urea groups is 1. The molecule has 3 heterocycles. The average molecular weight is 395 g/mol. The van der Waals surface area contributed by atoms with Crippen LogP contribution in [0, 0.1) is 0 Å². The number of rotatable bonds is 6. The van der Waals surface area contributed by atoms with Crippen molar-refractivity contribution in [3.05, 3.63) is 10.6 Å². The lowest BCUT2D eigenvalue weighted by atomic mass is 10.0. The van der Waals surface area contributed by atoms with Crippen LogP contribution in [-0.2, 0) is 17.6 Å². The standard InChI is InChI=1S/C18H26N4O2S2/c23-15(21-18-20-11-6-2-1-3-7-13(11)26-18)9-5-4-8-14-16-12(10-25-14)19-17(24)22-16/h12,14,16H,1-10H2,(H2,19,22,24)(H,20,21,23)/t12-,14+,16-/m1/s1. The first-order valence-electron chi connectivity index (χ1n) is 9.66. The van der Waals surface area contributed by atoms with Crippen LogP contribution in [0.3, 0.4) is 0 Å². The molecule has 2 saturated heterocycles. The highest BCUT2D eigenvalue weighted by Crippen LogP contribution is 2.33. The van der Waals surface area contributed by atoms with Crippen LogP contribution in [-0.4, -0.2) is 40.0 Å². The fourth-order valence-corrected chi connectivity index (χ4v) is 6.65. The van der Waals surface area contributed by atoms with Gasteiger partial charge in [-0.05, 0) is 38.5 Å². The summed E-state index contributed by atoms with van der Waals surface area (Å²) in [7, 11) is 0. The number of aryl methyl sites for hydroxylation is 2. The Hall–Kier alpha value is -1.28. The summed E-state index contributed by atoms with van der Waals surface area (Å²) in [6.07, 6.45) is 9.37. The first-order valence-corrected chi connectivity index (χ1v) is 11.5. The number of thiazole rings is 1. The lowest BCUT2D eigenvalue weighted by Gasteiger charge is -2.16. The van der Waals surface area contributed by atoms with Crippen molar-refractivity contribution in [3.63, 3.8) is 0 Å². The summed E-state index contributed by atoms with van der Waals surface area (Å²) >= 11 is 3.58. The van der Waals surface area contributed by atoms with E-state index < -0.39 is 0 Å². The Morgan fingerprint density at radius 1 is 1.19 bits per heavy atom. The summed E-state index contributed by atoms with van der Waals surface area (Å²) in [6, 6.07) is 0.500. The molecule has 3 aliphatic rings. The third-order valence-electron chi connectivity index (χ3n) is 5.42. The molecule has 0 bridgehead atoms. The number of hydrogen-bond donors (Lipinski definition) is 3. The first-order chi connectivity index (χ1) is 12.7. The molecule has 1 aromatic heterocycles. The third kappa shape index (κ3) is 4.17. The number of thioether (sulfide) groups is 1. The number of anilines is 1. The first kappa shape index (κ1) is 18.1. The van der Waals surface area contributed by atoms with Crippen molar-refractivity contribution in [2.75, 3.05) is 11.1 Å². The summed E-state index contributed by atoms with van der Waals surface area (Å²) < 4.78 is 0. The van der Waals surface area contributed by atoms with Crippen LogP contribution >= 0.6 is 23.1 Å². The van der Waals surface area contributed by atoms with Crippen LogP contribution in [0.15, 0.2) is 0 Å². The Kier molecular flexibility index (Phi) is 5.69. The molecule has 8 heteroatoms. The van der Waals surface area contributed by atoms with Gasteiger partial charge in [-0.1, -0.05) is 12.8 Å². The lowest BCUT2D eigenvalue weighted by Crippen LogP contribution is -2.36. The molecule has 2 fully saturated rings. The van der Waals surface area contributed by atoms with Crippen molar-refractivity contribution in [1.82, 2.24) is 15.6 Å². The zero-order valence-corrected chi connectivity index (χ0v) is 16.5. The van der Waals surface area contributed by atoms with E-state index in [-0.39, 0.29) is 24.0 Å². The molecule has 2 aliphatic heterocycles. The molecule has 0 radical (unpaired) electrons. The van der Waals surface area contributed by atoms with E-state index in [1.165, 1.54) is 29.8 Å². The second kappa shape index (κ2) is 8.17. The van der Waals surface area contributed by atoms with Gasteiger partial charge in [0.1, 0.15) is 0 Å². The number of nitrogens with zero attached hydrogens (tertiary/aromatic N) is 1. The van der Waals surface area contributed by atoms with Gasteiger partial charge in [-0.15, -0.1) is 11.3 Å². The molecule has 0 aromatic carbocycles. The van der Waals surface area contributed by atoms with Gasteiger partial charge in [-0.2, -0.15) is 11.8 Å². The highest BCUT2D eigenvalue weighted by molar-refractivity contribution is 8.00. The Morgan fingerprint density at radius 2 is 2.08 bits per heavy atom. The molecule has 4 rings (SSSR count). The summed E-state index contributed by atoms with van der Waals surface area (Å²) in [6.45, 7) is 0. The fraction of sp³-hybridized carbons (Fsp3) is 0.722. The lowest BCUT2D eigenvalue weighted by molar-refractivity contribution is -0.116. The summed E-state index contributed by atoms with van der Waals surface area (Å²) in [4.78, 5) is 29.6. The maximum Gasteiger partial charge on any atom is 0.315 e. The molecule has 3 N–H and O–H groups in total. The summed E-state index contributed by atoms with van der Waals surface area (Å²) in [5.41, 5.74) is 1.20. The number of carbonyl (C=O) groups excluding carboxylic acids is 2. The number of aromatic nitrogens is 1. The minimum Gasteiger partial charge on any atom is -0.332 e. The second-order valence-electron chi connectivity index (χ2n) is 7.37. The van der Waals surface area contributed by atoms with Crippen LogP contribution in [0.1, 0.15) is 55.5 Å². The highest BCUT2D eigenvalue weighted by Gasteiger charge is 2.42. The second-order valence-corrected chi connectivity index (χ2v) is 9.72. The van der Waals surface area contributed by atoms with Crippen molar-refractivity contribution in [2.24, 2.45) is 0 Å². The number of hydrogen-bond acceptors (Lipinski definition) is 5. The van der Waals surface area contributed by atoms with E-state index in [9.17, 15) is 9.59 Å². The molecule has 1 aliphatic carbocycles. The Labute approximate surface area is 162 Å². The maximum absolute atomic E-state index is 12.2. The maximum atomic E-state index is 12.2. The molecule has 0 spiro atoms. The van der Waals surface area contributed by atoms with Crippen molar-refractivity contribution >= 4 is 40.2 Å². The number of amides is 3. The minimum absolute atomic E-state index is 0.0356. The van der Waals surface area contributed by atoms with E-state index in [2.05, 4.69) is 20.9 Å². The number of nitrogens with one attached hydrogen (secondary N) is 3. The molecule has 6 nitrogen and oxygen atoms in total. The Balaban J connectivity index is 1.17. The zero-order valence-electron chi connectivity index (χ0n) is 14.9. The molecular formula is C18H26N4O2S2. The van der Waals surface area contributed by atoms with Crippen LogP contribution in [0.25, 0.3) is 0 Å². The largest absolute Gasteiger partial charge is 0.332 e. The molecule has 142 valence electrons. The van der Waals surface area contributed by atoms with E-state index in [4.69, 9.17) is 0 Å². The van der Waals surface area contributed by atoms with E-state index >= 15 is 0 Å². The average Bonchev–Trinajstić information content (AvgIpc) is 3.22. The molecule has 26 heavy (non-hydrogen) atoms. The van der Waals surface area contributed by atoms with E-state index in [0.29, 0.717) is 11.7 Å². The van der Waals surface area contributed by atoms with E-state index in [1.54, 1.807) is 11.3 Å². The molecule has 3 amide bonds. The van der Waals surface area contributed by atoms with Crippen molar-refractivity contribution in [2.45, 2.75) is 75.1 Å². The Morgan fingerprint density at radius 3 is 3.00 bits per heavy atom. The minimum atomic E-state index is -0.0356. The SMILES string of the molecule is O=C(CCCC[C@@H]1SC[C@H]2NC(=O)N[C@@H]12)Nc1nc2c(s1)CCCCC2. The zero-order chi connectivity index (χ0) is 17.9. The van der Waals surface area contributed by atoms with Gasteiger partial charge in [0.2, 0.25) is 5.91 Å². The van der Waals surface area contributed by atoms with Crippen LogP contribution in [0.4, 0.5) is 9.93 Å². The molecule has 0 saturated carbocycles. The van der Waals surface area contributed by atoms with Crippen LogP contribution in [0.5, 0.6) is 0 Å². The summed E-state index contributed by atoms with van der Waals surface area (Å²) in [5.74, 6) is 1.06. The van der Waals surface area contributed by atoms with Crippen molar-refractivity contribution in [3.8, 4) is 0 Å². The van der Waals surface area contributed by atoms with E-state index in [1.807, 2.05) is 11.8 Å². The molecular weight excluding hydrogens is 368 g/mol. The van der Waals surface area contributed by atoms with Gasteiger partial charge in [-0.3, -0.25) is 4.79 Å². The molecule has 3 atom stereocenters. The number of unbranched alkanes of at least 4 members (excludes halogenated alkanes) is 1. The van der Waals surface area contributed by atoms with Gasteiger partial charge in [0, 0.05) is 22.3 Å². The van der Waals surface area contributed by atoms with Crippen LogP contribution < -0.4 is 16.0 Å². The number of fused-ring (bicyclic) bond motifs is 2. The van der Waals surface area contributed by atoms with Crippen molar-refractivity contribution in [1.29, 1.82) is 0 Å². The smallest absolute Gasteiger partial charge is 0.315 e. The summed E-state index contributed by atoms with van der Waals surface area (Å²) in [5, 5.41) is 10.2.